The van der Waals surface area contributed by atoms with Gasteiger partial charge in [0.2, 0.25) is 5.91 Å². The van der Waals surface area contributed by atoms with Gasteiger partial charge in [0, 0.05) is 6.54 Å². The number of nitrogens with zero attached hydrogens (tertiary/aromatic N) is 1. The molecule has 3 aromatic carbocycles. The van der Waals surface area contributed by atoms with E-state index in [0.29, 0.717) is 41.7 Å². The second-order valence-corrected chi connectivity index (χ2v) is 8.39. The first-order chi connectivity index (χ1) is 17.5. The number of carbonyl (C=O) groups excluding carboxylic acids is 1. The summed E-state index contributed by atoms with van der Waals surface area (Å²) in [5.74, 6) is 2.53. The predicted molar refractivity (Wildman–Crippen MR) is 133 cm³/mol. The van der Waals surface area contributed by atoms with Crippen molar-refractivity contribution in [3.8, 4) is 28.7 Å². The molecule has 1 heterocycles. The summed E-state index contributed by atoms with van der Waals surface area (Å²) in [5.41, 5.74) is 2.81. The van der Waals surface area contributed by atoms with Crippen LogP contribution in [0.1, 0.15) is 22.7 Å². The summed E-state index contributed by atoms with van der Waals surface area (Å²) in [4.78, 5) is 15.4. The van der Waals surface area contributed by atoms with Crippen molar-refractivity contribution in [1.82, 2.24) is 4.90 Å². The van der Waals surface area contributed by atoms with E-state index in [4.69, 9.17) is 23.7 Å². The molecule has 1 amide bonds. The molecule has 1 aliphatic rings. The van der Waals surface area contributed by atoms with Crippen LogP contribution in [0.4, 0.5) is 4.39 Å². The first kappa shape index (κ1) is 25.2. The topological polar surface area (TPSA) is 66.5 Å². The van der Waals surface area contributed by atoms with Gasteiger partial charge in [-0.15, -0.1) is 0 Å². The third kappa shape index (κ3) is 5.32. The van der Waals surface area contributed by atoms with Crippen molar-refractivity contribution in [2.75, 3.05) is 41.6 Å². The minimum atomic E-state index is -0.369. The first-order valence-electron chi connectivity index (χ1n) is 11.6. The summed E-state index contributed by atoms with van der Waals surface area (Å²) in [5, 5.41) is 0. The van der Waals surface area contributed by atoms with E-state index in [9.17, 15) is 9.18 Å². The van der Waals surface area contributed by atoms with Crippen LogP contribution in [0, 0.1) is 5.82 Å². The summed E-state index contributed by atoms with van der Waals surface area (Å²) in [6, 6.07) is 14.8. The van der Waals surface area contributed by atoms with E-state index in [1.54, 1.807) is 46.6 Å². The maximum atomic E-state index is 13.6. The van der Waals surface area contributed by atoms with Crippen molar-refractivity contribution in [1.29, 1.82) is 0 Å². The molecule has 190 valence electrons. The molecule has 0 bridgehead atoms. The van der Waals surface area contributed by atoms with Crippen LogP contribution in [0.2, 0.25) is 0 Å². The Labute approximate surface area is 210 Å². The quantitative estimate of drug-likeness (QED) is 0.432. The molecule has 1 aliphatic heterocycles. The fraction of sp³-hybridized carbons (Fsp3) is 0.321. The highest BCUT2D eigenvalue weighted by molar-refractivity contribution is 5.80. The molecule has 1 atom stereocenters. The Bertz CT molecular complexity index is 1210. The van der Waals surface area contributed by atoms with Gasteiger partial charge < -0.3 is 28.6 Å². The molecule has 36 heavy (non-hydrogen) atoms. The second-order valence-electron chi connectivity index (χ2n) is 8.39. The lowest BCUT2D eigenvalue weighted by Crippen LogP contribution is -2.43. The minimum absolute atomic E-state index is 0.0460. The Hall–Kier alpha value is -3.94. The summed E-state index contributed by atoms with van der Waals surface area (Å²) >= 11 is 0. The standard InChI is InChI=1S/C28H30FNO6/c1-32-24-10-5-18(13-25(24)33-2)14-28(31)30-12-11-19-15-26(34-3)27(35-4)16-22(19)23(30)17-36-21-8-6-20(29)7-9-21/h5-10,13,15-16,23H,11-12,14,17H2,1-4H3/t23-/m1/s1. The molecule has 7 nitrogen and oxygen atoms in total. The normalized spacial score (nSPS) is 14.6. The number of halogens is 1. The summed E-state index contributed by atoms with van der Waals surface area (Å²) in [6.45, 7) is 0.720. The van der Waals surface area contributed by atoms with Gasteiger partial charge in [0.25, 0.3) is 0 Å². The van der Waals surface area contributed by atoms with E-state index in [1.807, 2.05) is 29.2 Å². The lowest BCUT2D eigenvalue weighted by atomic mass is 9.91. The lowest BCUT2D eigenvalue weighted by Gasteiger charge is -2.37. The molecule has 4 rings (SSSR count). The van der Waals surface area contributed by atoms with E-state index in [0.717, 1.165) is 16.7 Å². The van der Waals surface area contributed by atoms with Crippen LogP contribution in [-0.2, 0) is 17.6 Å². The maximum absolute atomic E-state index is 13.6. The largest absolute Gasteiger partial charge is 0.493 e. The molecule has 0 aromatic heterocycles. The number of rotatable bonds is 9. The van der Waals surface area contributed by atoms with E-state index in [-0.39, 0.29) is 30.8 Å². The van der Waals surface area contributed by atoms with Gasteiger partial charge in [-0.2, -0.15) is 0 Å². The van der Waals surface area contributed by atoms with Crippen LogP contribution in [0.15, 0.2) is 54.6 Å². The number of amides is 1. The molecule has 0 fully saturated rings. The van der Waals surface area contributed by atoms with E-state index >= 15 is 0 Å². The monoisotopic (exact) mass is 495 g/mol. The Morgan fingerprint density at radius 3 is 2.17 bits per heavy atom. The number of benzene rings is 3. The predicted octanol–water partition coefficient (Wildman–Crippen LogP) is 4.61. The molecular weight excluding hydrogens is 465 g/mol. The third-order valence-electron chi connectivity index (χ3n) is 6.35. The van der Waals surface area contributed by atoms with Crippen LogP contribution in [0.5, 0.6) is 28.7 Å². The highest BCUT2D eigenvalue weighted by atomic mass is 19.1. The number of methoxy groups -OCH3 is 4. The maximum Gasteiger partial charge on any atom is 0.227 e. The van der Waals surface area contributed by atoms with Gasteiger partial charge >= 0.3 is 0 Å². The summed E-state index contributed by atoms with van der Waals surface area (Å²) in [6.07, 6.45) is 0.858. The average Bonchev–Trinajstić information content (AvgIpc) is 2.91. The van der Waals surface area contributed by atoms with Gasteiger partial charge in [-0.3, -0.25) is 4.79 Å². The molecular formula is C28H30FNO6. The molecule has 0 aliphatic carbocycles. The zero-order valence-electron chi connectivity index (χ0n) is 20.9. The molecule has 0 saturated carbocycles. The number of carbonyl (C=O) groups is 1. The Morgan fingerprint density at radius 2 is 1.50 bits per heavy atom. The Balaban J connectivity index is 1.63. The molecule has 0 radical (unpaired) electrons. The average molecular weight is 496 g/mol. The highest BCUT2D eigenvalue weighted by Gasteiger charge is 2.33. The molecule has 0 N–H and O–H groups in total. The number of hydrogen-bond donors (Lipinski definition) is 0. The van der Waals surface area contributed by atoms with Gasteiger partial charge in [0.15, 0.2) is 23.0 Å². The van der Waals surface area contributed by atoms with Crippen molar-refractivity contribution in [2.45, 2.75) is 18.9 Å². The number of ether oxygens (including phenoxy) is 5. The van der Waals surface area contributed by atoms with Gasteiger partial charge in [-0.05, 0) is 71.6 Å². The van der Waals surface area contributed by atoms with Gasteiger partial charge in [-0.1, -0.05) is 6.07 Å². The van der Waals surface area contributed by atoms with Gasteiger partial charge in [0.05, 0.1) is 40.9 Å². The van der Waals surface area contributed by atoms with Gasteiger partial charge in [0.1, 0.15) is 18.2 Å². The van der Waals surface area contributed by atoms with Crippen LogP contribution in [-0.4, -0.2) is 52.4 Å². The van der Waals surface area contributed by atoms with Crippen molar-refractivity contribution in [3.05, 3.63) is 77.1 Å². The van der Waals surface area contributed by atoms with E-state index in [2.05, 4.69) is 0 Å². The molecule has 3 aromatic rings. The van der Waals surface area contributed by atoms with Crippen LogP contribution >= 0.6 is 0 Å². The van der Waals surface area contributed by atoms with Crippen molar-refractivity contribution >= 4 is 5.91 Å². The van der Waals surface area contributed by atoms with E-state index in [1.165, 1.54) is 12.1 Å². The Morgan fingerprint density at radius 1 is 0.861 bits per heavy atom. The third-order valence-corrected chi connectivity index (χ3v) is 6.35. The van der Waals surface area contributed by atoms with Gasteiger partial charge in [-0.25, -0.2) is 4.39 Å². The lowest BCUT2D eigenvalue weighted by molar-refractivity contribution is -0.134. The molecule has 8 heteroatoms. The smallest absolute Gasteiger partial charge is 0.227 e. The SMILES string of the molecule is COc1ccc(CC(=O)N2CCc3cc(OC)c(OC)cc3[C@H]2COc2ccc(F)cc2)cc1OC. The molecule has 0 saturated heterocycles. The van der Waals surface area contributed by atoms with Crippen LogP contribution < -0.4 is 23.7 Å². The molecule has 0 unspecified atom stereocenters. The van der Waals surface area contributed by atoms with Crippen molar-refractivity contribution in [3.63, 3.8) is 0 Å². The number of fused-ring (bicyclic) bond motifs is 1. The first-order valence-corrected chi connectivity index (χ1v) is 11.6. The zero-order valence-corrected chi connectivity index (χ0v) is 20.9. The minimum Gasteiger partial charge on any atom is -0.493 e. The zero-order chi connectivity index (χ0) is 25.7. The van der Waals surface area contributed by atoms with Crippen LogP contribution in [0.25, 0.3) is 0 Å². The summed E-state index contributed by atoms with van der Waals surface area (Å²) in [7, 11) is 6.32. The van der Waals surface area contributed by atoms with Crippen LogP contribution in [0.3, 0.4) is 0 Å². The summed E-state index contributed by atoms with van der Waals surface area (Å²) < 4.78 is 41.1. The second kappa shape index (κ2) is 11.2. The Kier molecular flexibility index (Phi) is 7.83. The van der Waals surface area contributed by atoms with Crippen molar-refractivity contribution < 1.29 is 32.9 Å². The fourth-order valence-electron chi connectivity index (χ4n) is 4.48. The molecule has 0 spiro atoms. The number of hydrogen-bond acceptors (Lipinski definition) is 6. The van der Waals surface area contributed by atoms with Crippen molar-refractivity contribution in [2.24, 2.45) is 0 Å². The fourth-order valence-corrected chi connectivity index (χ4v) is 4.48. The van der Waals surface area contributed by atoms with E-state index < -0.39 is 0 Å². The highest BCUT2D eigenvalue weighted by Crippen LogP contribution is 2.39.